The largest absolute Gasteiger partial charge is 0.455 e. The molecule has 100 valence electrons. The molecule has 0 spiro atoms. The van der Waals surface area contributed by atoms with E-state index in [1.54, 1.807) is 36.7 Å². The summed E-state index contributed by atoms with van der Waals surface area (Å²) in [5, 5.41) is 1.03. The van der Waals surface area contributed by atoms with Gasteiger partial charge in [-0.1, -0.05) is 23.2 Å². The molecule has 20 heavy (non-hydrogen) atoms. The van der Waals surface area contributed by atoms with Crippen LogP contribution in [0.5, 0.6) is 11.5 Å². The molecule has 0 aliphatic carbocycles. The van der Waals surface area contributed by atoms with Crippen LogP contribution >= 0.6 is 39.1 Å². The minimum atomic E-state index is 0.515. The molecule has 1 aromatic carbocycles. The summed E-state index contributed by atoms with van der Waals surface area (Å²) in [6, 6.07) is 8.66. The van der Waals surface area contributed by atoms with E-state index in [1.807, 2.05) is 6.07 Å². The third-order valence-corrected chi connectivity index (χ3v) is 3.44. The maximum atomic E-state index is 5.96. The molecule has 2 aromatic heterocycles. The van der Waals surface area contributed by atoms with E-state index in [-0.39, 0.29) is 0 Å². The van der Waals surface area contributed by atoms with E-state index in [1.165, 1.54) is 0 Å². The zero-order chi connectivity index (χ0) is 14.1. The highest BCUT2D eigenvalue weighted by atomic mass is 79.9. The maximum absolute atomic E-state index is 5.96. The number of pyridine rings is 2. The smallest absolute Gasteiger partial charge is 0.156 e. The van der Waals surface area contributed by atoms with Crippen LogP contribution in [0.15, 0.2) is 47.2 Å². The van der Waals surface area contributed by atoms with Crippen LogP contribution in [0.25, 0.3) is 11.0 Å². The molecular weight excluding hydrogens is 363 g/mol. The summed E-state index contributed by atoms with van der Waals surface area (Å²) in [4.78, 5) is 8.58. The molecule has 2 heterocycles. The Bertz CT molecular complexity index is 775. The minimum absolute atomic E-state index is 0.515. The van der Waals surface area contributed by atoms with Crippen molar-refractivity contribution in [1.29, 1.82) is 0 Å². The zero-order valence-electron chi connectivity index (χ0n) is 9.98. The highest BCUT2D eigenvalue weighted by Crippen LogP contribution is 2.31. The monoisotopic (exact) mass is 368 g/mol. The predicted molar refractivity (Wildman–Crippen MR) is 83.8 cm³/mol. The van der Waals surface area contributed by atoms with E-state index in [2.05, 4.69) is 25.9 Å². The number of fused-ring (bicyclic) bond motifs is 1. The number of hydrogen-bond acceptors (Lipinski definition) is 3. The second kappa shape index (κ2) is 5.56. The van der Waals surface area contributed by atoms with Gasteiger partial charge in [0.15, 0.2) is 5.75 Å². The van der Waals surface area contributed by atoms with Crippen LogP contribution < -0.4 is 4.74 Å². The number of benzene rings is 1. The van der Waals surface area contributed by atoms with Crippen LogP contribution in [-0.2, 0) is 0 Å². The fourth-order valence-corrected chi connectivity index (χ4v) is 2.60. The SMILES string of the molecule is Clc1cc(Cl)cc(Oc2ccnc3cc(Br)cnc23)c1. The van der Waals surface area contributed by atoms with Gasteiger partial charge < -0.3 is 4.74 Å². The molecule has 6 heteroatoms. The average molecular weight is 370 g/mol. The van der Waals surface area contributed by atoms with Gasteiger partial charge in [-0.15, -0.1) is 0 Å². The Balaban J connectivity index is 2.06. The van der Waals surface area contributed by atoms with Crippen molar-refractivity contribution in [2.24, 2.45) is 0 Å². The first kappa shape index (κ1) is 13.6. The third-order valence-electron chi connectivity index (χ3n) is 2.57. The number of ether oxygens (including phenoxy) is 1. The van der Waals surface area contributed by atoms with Gasteiger partial charge in [0.1, 0.15) is 11.3 Å². The van der Waals surface area contributed by atoms with Crippen LogP contribution in [0, 0.1) is 0 Å². The summed E-state index contributed by atoms with van der Waals surface area (Å²) in [7, 11) is 0. The molecule has 0 saturated carbocycles. The molecule has 0 bridgehead atoms. The Kier molecular flexibility index (Phi) is 3.78. The van der Waals surface area contributed by atoms with Crippen molar-refractivity contribution in [2.45, 2.75) is 0 Å². The standard InChI is InChI=1S/C14H7BrCl2N2O/c15-8-3-12-14(19-7-8)13(1-2-18-12)20-11-5-9(16)4-10(17)6-11/h1-7H. The normalized spacial score (nSPS) is 10.8. The molecule has 0 saturated heterocycles. The molecule has 0 aliphatic rings. The first-order chi connectivity index (χ1) is 9.61. The Morgan fingerprint density at radius 2 is 1.75 bits per heavy atom. The van der Waals surface area contributed by atoms with Gasteiger partial charge in [-0.05, 0) is 40.2 Å². The Morgan fingerprint density at radius 3 is 2.50 bits per heavy atom. The van der Waals surface area contributed by atoms with Crippen molar-refractivity contribution in [2.75, 3.05) is 0 Å². The lowest BCUT2D eigenvalue weighted by Gasteiger charge is -2.08. The van der Waals surface area contributed by atoms with E-state index >= 15 is 0 Å². The molecule has 0 N–H and O–H groups in total. The topological polar surface area (TPSA) is 35.0 Å². The van der Waals surface area contributed by atoms with Crippen LogP contribution in [0.4, 0.5) is 0 Å². The second-order valence-corrected chi connectivity index (χ2v) is 5.83. The van der Waals surface area contributed by atoms with E-state index in [0.29, 0.717) is 27.1 Å². The van der Waals surface area contributed by atoms with Gasteiger partial charge in [0.25, 0.3) is 0 Å². The molecule has 0 unspecified atom stereocenters. The summed E-state index contributed by atoms with van der Waals surface area (Å²) < 4.78 is 6.67. The lowest BCUT2D eigenvalue weighted by Crippen LogP contribution is -1.90. The summed E-state index contributed by atoms with van der Waals surface area (Å²) in [5.41, 5.74) is 1.41. The second-order valence-electron chi connectivity index (χ2n) is 4.04. The van der Waals surface area contributed by atoms with Crippen LogP contribution in [0.1, 0.15) is 0 Å². The van der Waals surface area contributed by atoms with Crippen molar-refractivity contribution in [3.05, 3.63) is 57.2 Å². The maximum Gasteiger partial charge on any atom is 0.156 e. The molecule has 3 aromatic rings. The Morgan fingerprint density at radius 1 is 1.00 bits per heavy atom. The fourth-order valence-electron chi connectivity index (χ4n) is 1.78. The van der Waals surface area contributed by atoms with Crippen LogP contribution in [-0.4, -0.2) is 9.97 Å². The molecule has 0 amide bonds. The molecule has 0 aliphatic heterocycles. The average Bonchev–Trinajstić information content (AvgIpc) is 2.37. The quantitative estimate of drug-likeness (QED) is 0.598. The van der Waals surface area contributed by atoms with Gasteiger partial charge >= 0.3 is 0 Å². The molecule has 0 atom stereocenters. The number of nitrogens with zero attached hydrogens (tertiary/aromatic N) is 2. The third kappa shape index (κ3) is 2.87. The van der Waals surface area contributed by atoms with E-state index in [4.69, 9.17) is 27.9 Å². The van der Waals surface area contributed by atoms with E-state index in [0.717, 1.165) is 9.99 Å². The summed E-state index contributed by atoms with van der Waals surface area (Å²) in [6.45, 7) is 0. The van der Waals surface area contributed by atoms with Gasteiger partial charge in [-0.2, -0.15) is 0 Å². The lowest BCUT2D eigenvalue weighted by molar-refractivity contribution is 0.487. The first-order valence-electron chi connectivity index (χ1n) is 5.66. The number of aromatic nitrogens is 2. The Hall–Kier alpha value is -1.36. The molecule has 0 fully saturated rings. The van der Waals surface area contributed by atoms with Crippen molar-refractivity contribution >= 4 is 50.2 Å². The summed E-state index contributed by atoms with van der Waals surface area (Å²) in [6.07, 6.45) is 3.36. The van der Waals surface area contributed by atoms with Gasteiger partial charge in [-0.25, -0.2) is 4.98 Å². The van der Waals surface area contributed by atoms with Crippen molar-refractivity contribution < 1.29 is 4.74 Å². The molecule has 0 radical (unpaired) electrons. The summed E-state index contributed by atoms with van der Waals surface area (Å²) >= 11 is 15.3. The van der Waals surface area contributed by atoms with Crippen LogP contribution in [0.2, 0.25) is 10.0 Å². The first-order valence-corrected chi connectivity index (χ1v) is 7.21. The van der Waals surface area contributed by atoms with Gasteiger partial charge in [0, 0.05) is 33.0 Å². The molecular formula is C14H7BrCl2N2O. The number of hydrogen-bond donors (Lipinski definition) is 0. The highest BCUT2D eigenvalue weighted by molar-refractivity contribution is 9.10. The van der Waals surface area contributed by atoms with Crippen molar-refractivity contribution in [1.82, 2.24) is 9.97 Å². The zero-order valence-corrected chi connectivity index (χ0v) is 13.1. The number of rotatable bonds is 2. The highest BCUT2D eigenvalue weighted by Gasteiger charge is 2.07. The number of halogens is 3. The minimum Gasteiger partial charge on any atom is -0.455 e. The van der Waals surface area contributed by atoms with Gasteiger partial charge in [0.2, 0.25) is 0 Å². The van der Waals surface area contributed by atoms with E-state index in [9.17, 15) is 0 Å². The summed E-state index contributed by atoms with van der Waals surface area (Å²) in [5.74, 6) is 1.15. The van der Waals surface area contributed by atoms with Crippen molar-refractivity contribution in [3.8, 4) is 11.5 Å². The molecule has 3 nitrogen and oxygen atoms in total. The lowest BCUT2D eigenvalue weighted by atomic mass is 10.3. The predicted octanol–water partition coefficient (Wildman–Crippen LogP) is 5.49. The van der Waals surface area contributed by atoms with Gasteiger partial charge in [-0.3, -0.25) is 4.98 Å². The Labute approximate surface area is 133 Å². The van der Waals surface area contributed by atoms with E-state index < -0.39 is 0 Å². The van der Waals surface area contributed by atoms with Gasteiger partial charge in [0.05, 0.1) is 5.52 Å². The molecule has 3 rings (SSSR count). The van der Waals surface area contributed by atoms with Crippen LogP contribution in [0.3, 0.4) is 0 Å². The fraction of sp³-hybridized carbons (Fsp3) is 0. The van der Waals surface area contributed by atoms with Crippen molar-refractivity contribution in [3.63, 3.8) is 0 Å².